The van der Waals surface area contributed by atoms with Crippen LogP contribution in [0.3, 0.4) is 0 Å². The highest BCUT2D eigenvalue weighted by Crippen LogP contribution is 2.27. The van der Waals surface area contributed by atoms with Crippen molar-refractivity contribution in [2.75, 3.05) is 12.5 Å². The van der Waals surface area contributed by atoms with Crippen molar-refractivity contribution in [1.82, 2.24) is 19.9 Å². The first-order valence-corrected chi connectivity index (χ1v) is 6.61. The molecule has 1 aromatic carbocycles. The number of benzene rings is 1. The highest BCUT2D eigenvalue weighted by atomic mass is 32.2. The van der Waals surface area contributed by atoms with Crippen molar-refractivity contribution in [3.63, 3.8) is 0 Å². The summed E-state index contributed by atoms with van der Waals surface area (Å²) in [6, 6.07) is 7.47. The van der Waals surface area contributed by atoms with Crippen molar-refractivity contribution < 1.29 is 4.74 Å². The smallest absolute Gasteiger partial charge is 0.238 e. The number of methoxy groups -OCH3 is 1. The van der Waals surface area contributed by atoms with Gasteiger partial charge in [-0.1, -0.05) is 0 Å². The van der Waals surface area contributed by atoms with Crippen LogP contribution in [0.2, 0.25) is 0 Å². The summed E-state index contributed by atoms with van der Waals surface area (Å²) >= 11 is 1.40. The fourth-order valence-corrected chi connectivity index (χ4v) is 2.47. The van der Waals surface area contributed by atoms with Crippen molar-refractivity contribution in [2.24, 2.45) is 5.84 Å². The van der Waals surface area contributed by atoms with E-state index in [2.05, 4.69) is 25.4 Å². The molecule has 0 saturated carbocycles. The first-order chi connectivity index (χ1) is 9.78. The van der Waals surface area contributed by atoms with E-state index in [1.54, 1.807) is 19.4 Å². The summed E-state index contributed by atoms with van der Waals surface area (Å²) in [5.74, 6) is 6.44. The Morgan fingerprint density at radius 2 is 2.20 bits per heavy atom. The average Bonchev–Trinajstić information content (AvgIpc) is 2.88. The topological polar surface area (TPSA) is 102 Å². The number of aromatic amines is 1. The molecular formula is C12H12N6OS. The minimum Gasteiger partial charge on any atom is -0.497 e. The zero-order chi connectivity index (χ0) is 13.9. The third kappa shape index (κ3) is 2.51. The number of H-pyrrole nitrogens is 1. The number of fused-ring (bicyclic) bond motifs is 1. The molecule has 0 unspecified atom stereocenters. The van der Waals surface area contributed by atoms with Crippen molar-refractivity contribution in [1.29, 1.82) is 0 Å². The number of imidazole rings is 1. The van der Waals surface area contributed by atoms with Gasteiger partial charge >= 0.3 is 0 Å². The van der Waals surface area contributed by atoms with Crippen LogP contribution in [-0.4, -0.2) is 27.0 Å². The van der Waals surface area contributed by atoms with E-state index in [0.717, 1.165) is 27.0 Å². The van der Waals surface area contributed by atoms with Gasteiger partial charge in [0.1, 0.15) is 10.8 Å². The minimum atomic E-state index is 0.368. The average molecular weight is 288 g/mol. The molecule has 0 radical (unpaired) electrons. The number of nitrogens with one attached hydrogen (secondary N) is 2. The molecule has 4 N–H and O–H groups in total. The Bertz CT molecular complexity index is 744. The van der Waals surface area contributed by atoms with Crippen LogP contribution in [0.1, 0.15) is 0 Å². The van der Waals surface area contributed by atoms with E-state index in [4.69, 9.17) is 10.6 Å². The van der Waals surface area contributed by atoms with Gasteiger partial charge in [-0.25, -0.2) is 20.8 Å². The number of anilines is 1. The summed E-state index contributed by atoms with van der Waals surface area (Å²) in [5.41, 5.74) is 4.20. The number of rotatable bonds is 4. The number of nitrogens with two attached hydrogens (primary N) is 1. The summed E-state index contributed by atoms with van der Waals surface area (Å²) in [4.78, 5) is 15.9. The Labute approximate surface area is 118 Å². The molecule has 7 nitrogen and oxygen atoms in total. The molecule has 102 valence electrons. The van der Waals surface area contributed by atoms with E-state index in [0.29, 0.717) is 5.95 Å². The molecule has 0 amide bonds. The van der Waals surface area contributed by atoms with Gasteiger partial charge in [-0.05, 0) is 30.0 Å². The third-order valence-corrected chi connectivity index (χ3v) is 3.45. The van der Waals surface area contributed by atoms with Crippen LogP contribution in [0.15, 0.2) is 40.6 Å². The molecule has 20 heavy (non-hydrogen) atoms. The molecule has 0 fully saturated rings. The van der Waals surface area contributed by atoms with Crippen LogP contribution < -0.4 is 16.0 Å². The molecule has 3 aromatic rings. The molecule has 2 heterocycles. The number of nitrogen functional groups attached to an aromatic ring is 1. The van der Waals surface area contributed by atoms with Crippen molar-refractivity contribution in [3.8, 4) is 5.75 Å². The summed E-state index contributed by atoms with van der Waals surface area (Å²) in [5, 5.41) is 1.49. The van der Waals surface area contributed by atoms with Crippen LogP contribution in [0, 0.1) is 0 Å². The molecule has 0 aliphatic heterocycles. The van der Waals surface area contributed by atoms with Gasteiger partial charge in [0.2, 0.25) is 5.95 Å². The van der Waals surface area contributed by atoms with Crippen LogP contribution in [0.5, 0.6) is 5.75 Å². The third-order valence-electron chi connectivity index (χ3n) is 2.63. The van der Waals surface area contributed by atoms with Gasteiger partial charge in [0, 0.05) is 12.3 Å². The van der Waals surface area contributed by atoms with Crippen molar-refractivity contribution in [3.05, 3.63) is 30.5 Å². The Morgan fingerprint density at radius 1 is 1.30 bits per heavy atom. The summed E-state index contributed by atoms with van der Waals surface area (Å²) < 4.78 is 5.18. The summed E-state index contributed by atoms with van der Waals surface area (Å²) in [6.45, 7) is 0. The molecule has 0 atom stereocenters. The Balaban J connectivity index is 1.90. The van der Waals surface area contributed by atoms with Crippen LogP contribution in [-0.2, 0) is 0 Å². The van der Waals surface area contributed by atoms with Gasteiger partial charge in [0.15, 0.2) is 5.16 Å². The summed E-state index contributed by atoms with van der Waals surface area (Å²) in [6.07, 6.45) is 1.64. The van der Waals surface area contributed by atoms with E-state index in [9.17, 15) is 0 Å². The fourth-order valence-electron chi connectivity index (χ4n) is 1.71. The number of hydrogen-bond acceptors (Lipinski definition) is 7. The SMILES string of the molecule is COc1ccc2nc(Sc3ccnc(NN)n3)[nH]c2c1. The predicted molar refractivity (Wildman–Crippen MR) is 76.6 cm³/mol. The highest BCUT2D eigenvalue weighted by Gasteiger charge is 2.07. The number of ether oxygens (including phenoxy) is 1. The number of hydrogen-bond donors (Lipinski definition) is 3. The molecule has 0 aliphatic carbocycles. The molecule has 0 saturated heterocycles. The molecular weight excluding hydrogens is 276 g/mol. The van der Waals surface area contributed by atoms with Crippen molar-refractivity contribution >= 4 is 28.7 Å². The normalized spacial score (nSPS) is 10.7. The zero-order valence-corrected chi connectivity index (χ0v) is 11.4. The summed E-state index contributed by atoms with van der Waals surface area (Å²) in [7, 11) is 1.63. The lowest BCUT2D eigenvalue weighted by Gasteiger charge is -1.99. The maximum absolute atomic E-state index is 5.28. The second-order valence-electron chi connectivity index (χ2n) is 3.89. The Morgan fingerprint density at radius 3 is 3.00 bits per heavy atom. The lowest BCUT2D eigenvalue weighted by molar-refractivity contribution is 0.415. The predicted octanol–water partition coefficient (Wildman–Crippen LogP) is 1.80. The van der Waals surface area contributed by atoms with E-state index in [1.807, 2.05) is 18.2 Å². The van der Waals surface area contributed by atoms with Gasteiger partial charge in [-0.15, -0.1) is 0 Å². The van der Waals surface area contributed by atoms with Crippen LogP contribution in [0.4, 0.5) is 5.95 Å². The van der Waals surface area contributed by atoms with Gasteiger partial charge in [0.05, 0.1) is 18.1 Å². The zero-order valence-electron chi connectivity index (χ0n) is 10.6. The lowest BCUT2D eigenvalue weighted by Crippen LogP contribution is -2.10. The lowest BCUT2D eigenvalue weighted by atomic mass is 10.3. The highest BCUT2D eigenvalue weighted by molar-refractivity contribution is 7.99. The first-order valence-electron chi connectivity index (χ1n) is 5.80. The first kappa shape index (κ1) is 12.7. The van der Waals surface area contributed by atoms with Gasteiger partial charge in [0.25, 0.3) is 0 Å². The monoisotopic (exact) mass is 288 g/mol. The quantitative estimate of drug-likeness (QED) is 0.382. The molecule has 0 spiro atoms. The molecule has 8 heteroatoms. The molecule has 3 rings (SSSR count). The molecule has 2 aromatic heterocycles. The second kappa shape index (κ2) is 5.35. The number of nitrogens with zero attached hydrogens (tertiary/aromatic N) is 3. The van der Waals surface area contributed by atoms with E-state index >= 15 is 0 Å². The Kier molecular flexibility index (Phi) is 3.40. The van der Waals surface area contributed by atoms with Gasteiger partial charge in [-0.3, -0.25) is 5.43 Å². The largest absolute Gasteiger partial charge is 0.497 e. The Hall–Kier alpha value is -2.32. The van der Waals surface area contributed by atoms with E-state index in [1.165, 1.54) is 11.8 Å². The van der Waals surface area contributed by atoms with Crippen LogP contribution in [0.25, 0.3) is 11.0 Å². The fraction of sp³-hybridized carbons (Fsp3) is 0.0833. The number of hydrazine groups is 1. The standard InChI is InChI=1S/C12H12N6OS/c1-19-7-2-3-8-9(6-7)16-12(15-8)20-10-4-5-14-11(17-10)18-13/h2-6H,13H2,1H3,(H,15,16)(H,14,17,18). The van der Waals surface area contributed by atoms with Gasteiger partial charge < -0.3 is 9.72 Å². The maximum Gasteiger partial charge on any atom is 0.238 e. The molecule has 0 aliphatic rings. The second-order valence-corrected chi connectivity index (χ2v) is 4.90. The van der Waals surface area contributed by atoms with Crippen molar-refractivity contribution in [2.45, 2.75) is 10.2 Å². The van der Waals surface area contributed by atoms with Gasteiger partial charge in [-0.2, -0.15) is 0 Å². The number of aromatic nitrogens is 4. The maximum atomic E-state index is 5.28. The minimum absolute atomic E-state index is 0.368. The van der Waals surface area contributed by atoms with E-state index < -0.39 is 0 Å². The molecule has 0 bridgehead atoms. The van der Waals surface area contributed by atoms with Crippen LogP contribution >= 0.6 is 11.8 Å². The van der Waals surface area contributed by atoms with E-state index in [-0.39, 0.29) is 0 Å².